The second-order valence-electron chi connectivity index (χ2n) is 4.13. The molecule has 1 fully saturated rings. The molecule has 1 saturated heterocycles. The maximum Gasteiger partial charge on any atom is 0.231 e. The Bertz CT molecular complexity index is 396. The van der Waals surface area contributed by atoms with Crippen molar-refractivity contribution in [2.24, 2.45) is 0 Å². The smallest absolute Gasteiger partial charge is 0.231 e. The van der Waals surface area contributed by atoms with Crippen LogP contribution in [0.5, 0.6) is 0 Å². The van der Waals surface area contributed by atoms with E-state index in [9.17, 15) is 0 Å². The second kappa shape index (κ2) is 6.12. The summed E-state index contributed by atoms with van der Waals surface area (Å²) >= 11 is 5.84. The molecule has 0 aromatic carbocycles. The lowest BCUT2D eigenvalue weighted by atomic mass is 10.3. The van der Waals surface area contributed by atoms with Crippen LogP contribution in [0.15, 0.2) is 0 Å². The molecule has 0 bridgehead atoms. The van der Waals surface area contributed by atoms with Gasteiger partial charge < -0.3 is 20.4 Å². The summed E-state index contributed by atoms with van der Waals surface area (Å²) in [6, 6.07) is -0.505. The van der Waals surface area contributed by atoms with Crippen LogP contribution in [0.3, 0.4) is 0 Å². The number of rotatable bonds is 5. The van der Waals surface area contributed by atoms with Gasteiger partial charge in [0.25, 0.3) is 0 Å². The van der Waals surface area contributed by atoms with Gasteiger partial charge in [-0.25, -0.2) is 0 Å². The first-order valence-corrected chi connectivity index (χ1v) is 6.25. The zero-order valence-electron chi connectivity index (χ0n) is 9.88. The fourth-order valence-electron chi connectivity index (χ4n) is 1.79. The van der Waals surface area contributed by atoms with Gasteiger partial charge in [-0.3, -0.25) is 0 Å². The van der Waals surface area contributed by atoms with E-state index in [-0.39, 0.29) is 24.4 Å². The van der Waals surface area contributed by atoms with Crippen molar-refractivity contribution in [1.82, 2.24) is 15.0 Å². The highest BCUT2D eigenvalue weighted by atomic mass is 35.5. The van der Waals surface area contributed by atoms with Crippen molar-refractivity contribution in [3.05, 3.63) is 5.28 Å². The van der Waals surface area contributed by atoms with Crippen LogP contribution < -0.4 is 10.2 Å². The Balaban J connectivity index is 2.15. The molecule has 1 aromatic heterocycles. The van der Waals surface area contributed by atoms with Crippen LogP contribution >= 0.6 is 11.6 Å². The van der Waals surface area contributed by atoms with E-state index in [0.29, 0.717) is 5.95 Å². The maximum absolute atomic E-state index is 9.00. The van der Waals surface area contributed by atoms with Crippen LogP contribution in [0.4, 0.5) is 11.9 Å². The minimum Gasteiger partial charge on any atom is -0.394 e. The summed E-state index contributed by atoms with van der Waals surface area (Å²) < 4.78 is 0. The lowest BCUT2D eigenvalue weighted by Crippen LogP contribution is -2.29. The lowest BCUT2D eigenvalue weighted by Gasteiger charge is -2.17. The molecule has 1 aliphatic rings. The van der Waals surface area contributed by atoms with Crippen molar-refractivity contribution in [2.45, 2.75) is 18.9 Å². The van der Waals surface area contributed by atoms with Gasteiger partial charge in [-0.2, -0.15) is 15.0 Å². The van der Waals surface area contributed by atoms with Crippen molar-refractivity contribution >= 4 is 23.5 Å². The van der Waals surface area contributed by atoms with E-state index in [1.807, 2.05) is 4.90 Å². The van der Waals surface area contributed by atoms with Crippen molar-refractivity contribution < 1.29 is 10.2 Å². The largest absolute Gasteiger partial charge is 0.394 e. The van der Waals surface area contributed by atoms with Gasteiger partial charge in [0.15, 0.2) is 0 Å². The predicted molar refractivity (Wildman–Crippen MR) is 67.9 cm³/mol. The molecule has 0 amide bonds. The van der Waals surface area contributed by atoms with Gasteiger partial charge in [-0.15, -0.1) is 0 Å². The summed E-state index contributed by atoms with van der Waals surface area (Å²) in [6.45, 7) is 1.39. The first-order chi connectivity index (χ1) is 8.72. The number of aliphatic hydroxyl groups is 2. The maximum atomic E-state index is 9.00. The van der Waals surface area contributed by atoms with Gasteiger partial charge in [0, 0.05) is 13.1 Å². The number of aliphatic hydroxyl groups excluding tert-OH is 2. The number of hydrogen-bond acceptors (Lipinski definition) is 7. The zero-order chi connectivity index (χ0) is 13.0. The molecule has 0 radical (unpaired) electrons. The molecule has 7 nitrogen and oxygen atoms in total. The molecule has 0 aliphatic carbocycles. The molecule has 1 aromatic rings. The summed E-state index contributed by atoms with van der Waals surface area (Å²) in [7, 11) is 0. The van der Waals surface area contributed by atoms with E-state index in [4.69, 9.17) is 21.8 Å². The Hall–Kier alpha value is -1.18. The first kappa shape index (κ1) is 13.3. The van der Waals surface area contributed by atoms with E-state index in [1.165, 1.54) is 0 Å². The SMILES string of the molecule is OCC(CO)Nc1nc(Cl)nc(N2CCCC2)n1. The summed E-state index contributed by atoms with van der Waals surface area (Å²) in [5, 5.41) is 20.9. The molecular weight excluding hydrogens is 258 g/mol. The van der Waals surface area contributed by atoms with Gasteiger partial charge in [-0.05, 0) is 24.4 Å². The van der Waals surface area contributed by atoms with E-state index in [0.717, 1.165) is 25.9 Å². The number of aromatic nitrogens is 3. The molecule has 2 heterocycles. The number of halogens is 1. The lowest BCUT2D eigenvalue weighted by molar-refractivity contribution is 0.203. The fraction of sp³-hybridized carbons (Fsp3) is 0.700. The van der Waals surface area contributed by atoms with Crippen molar-refractivity contribution in [3.8, 4) is 0 Å². The fourth-order valence-corrected chi connectivity index (χ4v) is 1.95. The third kappa shape index (κ3) is 3.18. The average Bonchev–Trinajstić information content (AvgIpc) is 2.89. The van der Waals surface area contributed by atoms with Crippen LogP contribution in [0.25, 0.3) is 0 Å². The topological polar surface area (TPSA) is 94.4 Å². The highest BCUT2D eigenvalue weighted by Gasteiger charge is 2.17. The minimum atomic E-state index is -0.505. The van der Waals surface area contributed by atoms with Gasteiger partial charge in [0.05, 0.1) is 19.3 Å². The molecule has 3 N–H and O–H groups in total. The number of nitrogens with one attached hydrogen (secondary N) is 1. The molecule has 1 aliphatic heterocycles. The van der Waals surface area contributed by atoms with E-state index < -0.39 is 6.04 Å². The minimum absolute atomic E-state index is 0.101. The Morgan fingerprint density at radius 3 is 2.44 bits per heavy atom. The summed E-state index contributed by atoms with van der Waals surface area (Å²) in [6.07, 6.45) is 2.23. The molecule has 8 heteroatoms. The average molecular weight is 274 g/mol. The quantitative estimate of drug-likeness (QED) is 0.689. The summed E-state index contributed by atoms with van der Waals surface area (Å²) in [4.78, 5) is 14.3. The highest BCUT2D eigenvalue weighted by molar-refractivity contribution is 6.28. The molecule has 0 atom stereocenters. The van der Waals surface area contributed by atoms with Gasteiger partial charge >= 0.3 is 0 Å². The number of nitrogens with zero attached hydrogens (tertiary/aromatic N) is 4. The Labute approximate surface area is 110 Å². The van der Waals surface area contributed by atoms with Crippen LogP contribution in [0, 0.1) is 0 Å². The molecule has 0 spiro atoms. The summed E-state index contributed by atoms with van der Waals surface area (Å²) in [5.74, 6) is 0.801. The van der Waals surface area contributed by atoms with Gasteiger partial charge in [-0.1, -0.05) is 0 Å². The predicted octanol–water partition coefficient (Wildman–Crippen LogP) is -0.110. The van der Waals surface area contributed by atoms with E-state index >= 15 is 0 Å². The molecule has 100 valence electrons. The van der Waals surface area contributed by atoms with Crippen LogP contribution in [0.2, 0.25) is 5.28 Å². The Morgan fingerprint density at radius 2 is 1.83 bits per heavy atom. The molecule has 0 saturated carbocycles. The second-order valence-corrected chi connectivity index (χ2v) is 4.47. The van der Waals surface area contributed by atoms with Crippen molar-refractivity contribution in [3.63, 3.8) is 0 Å². The Morgan fingerprint density at radius 1 is 1.17 bits per heavy atom. The van der Waals surface area contributed by atoms with Gasteiger partial charge in [0.1, 0.15) is 0 Å². The Kier molecular flexibility index (Phi) is 4.51. The third-order valence-electron chi connectivity index (χ3n) is 2.76. The standard InChI is InChI=1S/C10H16ClN5O2/c11-8-13-9(12-7(5-17)6-18)15-10(14-8)16-3-1-2-4-16/h7,17-18H,1-6H2,(H,12,13,14,15). The first-order valence-electron chi connectivity index (χ1n) is 5.87. The van der Waals surface area contributed by atoms with Crippen molar-refractivity contribution in [1.29, 1.82) is 0 Å². The van der Waals surface area contributed by atoms with Gasteiger partial charge in [0.2, 0.25) is 17.2 Å². The van der Waals surface area contributed by atoms with Crippen LogP contribution in [-0.2, 0) is 0 Å². The molecule has 2 rings (SSSR count). The number of hydrogen-bond donors (Lipinski definition) is 3. The van der Waals surface area contributed by atoms with Crippen LogP contribution in [-0.4, -0.2) is 57.5 Å². The monoisotopic (exact) mass is 273 g/mol. The molecular formula is C10H16ClN5O2. The molecule has 18 heavy (non-hydrogen) atoms. The summed E-state index contributed by atoms with van der Waals surface area (Å²) in [5.41, 5.74) is 0. The molecule has 0 unspecified atom stereocenters. The van der Waals surface area contributed by atoms with E-state index in [2.05, 4.69) is 20.3 Å². The zero-order valence-corrected chi connectivity index (χ0v) is 10.6. The number of anilines is 2. The highest BCUT2D eigenvalue weighted by Crippen LogP contribution is 2.18. The third-order valence-corrected chi connectivity index (χ3v) is 2.93. The van der Waals surface area contributed by atoms with E-state index in [1.54, 1.807) is 0 Å². The van der Waals surface area contributed by atoms with Crippen LogP contribution in [0.1, 0.15) is 12.8 Å². The van der Waals surface area contributed by atoms with Crippen molar-refractivity contribution in [2.75, 3.05) is 36.5 Å². The normalized spacial score (nSPS) is 15.4.